The number of halogens is 1. The molecule has 0 aliphatic heterocycles. The molecule has 0 aliphatic rings. The second-order valence-corrected chi connectivity index (χ2v) is 7.09. The van der Waals surface area contributed by atoms with Crippen molar-refractivity contribution in [1.82, 2.24) is 10.6 Å². The molecule has 2 aromatic rings. The summed E-state index contributed by atoms with van der Waals surface area (Å²) in [6.45, 7) is 5.36. The standard InChI is InChI=1S/C21H25ClN2O2/c1-15(2)9-11-23-20(25)17-6-4-7-18(14-17)21(26)24-12-10-16-5-3-8-19(22)13-16/h3-8,13-15H,9-12H2,1-2H3,(H,23,25)(H,24,26). The third-order valence-corrected chi connectivity index (χ3v) is 4.22. The van der Waals surface area contributed by atoms with Gasteiger partial charge in [0.2, 0.25) is 0 Å². The zero-order valence-corrected chi connectivity index (χ0v) is 16.0. The van der Waals surface area contributed by atoms with E-state index >= 15 is 0 Å². The van der Waals surface area contributed by atoms with Crippen LogP contribution in [0.5, 0.6) is 0 Å². The van der Waals surface area contributed by atoms with Gasteiger partial charge in [0.15, 0.2) is 0 Å². The maximum atomic E-state index is 12.3. The molecule has 4 nitrogen and oxygen atoms in total. The summed E-state index contributed by atoms with van der Waals surface area (Å²) in [5.41, 5.74) is 2.04. The van der Waals surface area contributed by atoms with Crippen LogP contribution in [0.1, 0.15) is 46.5 Å². The summed E-state index contributed by atoms with van der Waals surface area (Å²) in [6, 6.07) is 14.3. The van der Waals surface area contributed by atoms with E-state index in [4.69, 9.17) is 11.6 Å². The molecule has 0 spiro atoms. The van der Waals surface area contributed by atoms with Crippen molar-refractivity contribution >= 4 is 23.4 Å². The molecule has 0 bridgehead atoms. The minimum atomic E-state index is -0.191. The minimum absolute atomic E-state index is 0.153. The van der Waals surface area contributed by atoms with Gasteiger partial charge in [-0.1, -0.05) is 43.6 Å². The Labute approximate surface area is 159 Å². The Morgan fingerprint density at radius 1 is 0.923 bits per heavy atom. The summed E-state index contributed by atoms with van der Waals surface area (Å²) in [5, 5.41) is 6.45. The lowest BCUT2D eigenvalue weighted by Gasteiger charge is -2.09. The van der Waals surface area contributed by atoms with Crippen molar-refractivity contribution < 1.29 is 9.59 Å². The highest BCUT2D eigenvalue weighted by Gasteiger charge is 2.10. The Kier molecular flexibility index (Phi) is 7.67. The van der Waals surface area contributed by atoms with E-state index in [1.807, 2.05) is 24.3 Å². The first-order chi connectivity index (χ1) is 12.5. The quantitative estimate of drug-likeness (QED) is 0.733. The number of nitrogens with one attached hydrogen (secondary N) is 2. The van der Waals surface area contributed by atoms with Crippen molar-refractivity contribution in [1.29, 1.82) is 0 Å². The van der Waals surface area contributed by atoms with Crippen LogP contribution in [0, 0.1) is 5.92 Å². The fraction of sp³-hybridized carbons (Fsp3) is 0.333. The molecule has 0 radical (unpaired) electrons. The monoisotopic (exact) mass is 372 g/mol. The number of carbonyl (C=O) groups excluding carboxylic acids is 2. The van der Waals surface area contributed by atoms with E-state index in [1.165, 1.54) is 0 Å². The number of carbonyl (C=O) groups is 2. The molecule has 0 saturated carbocycles. The van der Waals surface area contributed by atoms with Crippen LogP contribution in [0.3, 0.4) is 0 Å². The number of hydrogen-bond acceptors (Lipinski definition) is 2. The van der Waals surface area contributed by atoms with Crippen molar-refractivity contribution in [2.45, 2.75) is 26.7 Å². The second kappa shape index (κ2) is 9.97. The van der Waals surface area contributed by atoms with E-state index in [2.05, 4.69) is 24.5 Å². The van der Waals surface area contributed by atoms with Crippen LogP contribution < -0.4 is 10.6 Å². The van der Waals surface area contributed by atoms with Crippen molar-refractivity contribution in [3.8, 4) is 0 Å². The van der Waals surface area contributed by atoms with E-state index in [1.54, 1.807) is 24.3 Å². The Bertz CT molecular complexity index is 759. The summed E-state index contributed by atoms with van der Waals surface area (Å²) >= 11 is 5.96. The first-order valence-electron chi connectivity index (χ1n) is 8.86. The molecular formula is C21H25ClN2O2. The SMILES string of the molecule is CC(C)CCNC(=O)c1cccc(C(=O)NCCc2cccc(Cl)c2)c1. The van der Waals surface area contributed by atoms with Crippen LogP contribution in [-0.2, 0) is 6.42 Å². The highest BCUT2D eigenvalue weighted by atomic mass is 35.5. The fourth-order valence-electron chi connectivity index (χ4n) is 2.49. The smallest absolute Gasteiger partial charge is 0.251 e. The molecule has 2 rings (SSSR count). The van der Waals surface area contributed by atoms with Gasteiger partial charge in [-0.15, -0.1) is 0 Å². The fourth-order valence-corrected chi connectivity index (χ4v) is 2.71. The van der Waals surface area contributed by atoms with Crippen molar-refractivity contribution in [2.24, 2.45) is 5.92 Å². The first kappa shape index (κ1) is 20.0. The first-order valence-corrected chi connectivity index (χ1v) is 9.24. The molecule has 5 heteroatoms. The average molecular weight is 373 g/mol. The van der Waals surface area contributed by atoms with Crippen LogP contribution in [0.25, 0.3) is 0 Å². The van der Waals surface area contributed by atoms with Gasteiger partial charge in [0, 0.05) is 29.2 Å². The van der Waals surface area contributed by atoms with Crippen molar-refractivity contribution in [3.05, 3.63) is 70.2 Å². The molecule has 0 fully saturated rings. The topological polar surface area (TPSA) is 58.2 Å². The lowest BCUT2D eigenvalue weighted by molar-refractivity contribution is 0.0951. The van der Waals surface area contributed by atoms with Gasteiger partial charge < -0.3 is 10.6 Å². The normalized spacial score (nSPS) is 10.6. The maximum Gasteiger partial charge on any atom is 0.251 e. The predicted octanol–water partition coefficient (Wildman–Crippen LogP) is 4.09. The molecule has 0 heterocycles. The molecule has 2 aromatic carbocycles. The van der Waals surface area contributed by atoms with Gasteiger partial charge in [-0.2, -0.15) is 0 Å². The number of benzene rings is 2. The summed E-state index contributed by atoms with van der Waals surface area (Å²) < 4.78 is 0. The Morgan fingerprint density at radius 2 is 1.54 bits per heavy atom. The molecular weight excluding hydrogens is 348 g/mol. The third-order valence-electron chi connectivity index (χ3n) is 3.98. The van der Waals surface area contributed by atoms with Crippen molar-refractivity contribution in [2.75, 3.05) is 13.1 Å². The summed E-state index contributed by atoms with van der Waals surface area (Å²) in [5.74, 6) is 0.190. The van der Waals surface area contributed by atoms with E-state index in [9.17, 15) is 9.59 Å². The highest BCUT2D eigenvalue weighted by Crippen LogP contribution is 2.11. The summed E-state index contributed by atoms with van der Waals surface area (Å²) in [6.07, 6.45) is 1.62. The van der Waals surface area contributed by atoms with Gasteiger partial charge in [0.05, 0.1) is 0 Å². The lowest BCUT2D eigenvalue weighted by Crippen LogP contribution is -2.27. The minimum Gasteiger partial charge on any atom is -0.352 e. The van der Waals surface area contributed by atoms with Crippen molar-refractivity contribution in [3.63, 3.8) is 0 Å². The third kappa shape index (κ3) is 6.52. The van der Waals surface area contributed by atoms with E-state index in [-0.39, 0.29) is 11.8 Å². The van der Waals surface area contributed by atoms with Crippen LogP contribution >= 0.6 is 11.6 Å². The summed E-state index contributed by atoms with van der Waals surface area (Å²) in [7, 11) is 0. The highest BCUT2D eigenvalue weighted by molar-refractivity contribution is 6.30. The van der Waals surface area contributed by atoms with Gasteiger partial charge in [0.1, 0.15) is 0 Å². The van der Waals surface area contributed by atoms with Gasteiger partial charge >= 0.3 is 0 Å². The van der Waals surface area contributed by atoms with E-state index < -0.39 is 0 Å². The van der Waals surface area contributed by atoms with Gasteiger partial charge in [-0.05, 0) is 54.7 Å². The molecule has 0 atom stereocenters. The lowest BCUT2D eigenvalue weighted by atomic mass is 10.1. The Morgan fingerprint density at radius 3 is 2.15 bits per heavy atom. The summed E-state index contributed by atoms with van der Waals surface area (Å²) in [4.78, 5) is 24.5. The average Bonchev–Trinajstić information content (AvgIpc) is 2.61. The largest absolute Gasteiger partial charge is 0.352 e. The van der Waals surface area contributed by atoms with Crippen LogP contribution in [0.4, 0.5) is 0 Å². The van der Waals surface area contributed by atoms with Crippen LogP contribution in [0.2, 0.25) is 5.02 Å². The molecule has 2 amide bonds. The van der Waals surface area contributed by atoms with E-state index in [0.29, 0.717) is 41.6 Å². The molecule has 0 aromatic heterocycles. The molecule has 0 aliphatic carbocycles. The number of rotatable bonds is 8. The molecule has 26 heavy (non-hydrogen) atoms. The maximum absolute atomic E-state index is 12.3. The molecule has 0 unspecified atom stereocenters. The predicted molar refractivity (Wildman–Crippen MR) is 106 cm³/mol. The second-order valence-electron chi connectivity index (χ2n) is 6.66. The number of amides is 2. The zero-order chi connectivity index (χ0) is 18.9. The van der Waals surface area contributed by atoms with Gasteiger partial charge in [0.25, 0.3) is 11.8 Å². The Balaban J connectivity index is 1.87. The van der Waals surface area contributed by atoms with Crippen LogP contribution in [-0.4, -0.2) is 24.9 Å². The number of hydrogen-bond donors (Lipinski definition) is 2. The Hall–Kier alpha value is -2.33. The van der Waals surface area contributed by atoms with Crippen LogP contribution in [0.15, 0.2) is 48.5 Å². The zero-order valence-electron chi connectivity index (χ0n) is 15.2. The van der Waals surface area contributed by atoms with Gasteiger partial charge in [-0.3, -0.25) is 9.59 Å². The molecule has 0 saturated heterocycles. The van der Waals surface area contributed by atoms with E-state index in [0.717, 1.165) is 12.0 Å². The molecule has 2 N–H and O–H groups in total. The molecule has 138 valence electrons. The van der Waals surface area contributed by atoms with Gasteiger partial charge in [-0.25, -0.2) is 0 Å².